The van der Waals surface area contributed by atoms with Crippen molar-refractivity contribution in [2.45, 2.75) is 37.5 Å². The van der Waals surface area contributed by atoms with Gasteiger partial charge in [0.2, 0.25) is 0 Å². The molecule has 1 aromatic rings. The quantitative estimate of drug-likeness (QED) is 0.869. The van der Waals surface area contributed by atoms with Crippen LogP contribution in [0.25, 0.3) is 0 Å². The molecule has 2 aliphatic rings. The number of hydrogen-bond donors (Lipinski definition) is 2. The van der Waals surface area contributed by atoms with Crippen LogP contribution in [0.4, 0.5) is 0 Å². The second-order valence-electron chi connectivity index (χ2n) is 6.06. The Hall–Kier alpha value is -0.230. The fraction of sp³-hybridized carbons (Fsp3) is 0.688. The Bertz CT molecular complexity index is 418. The lowest BCUT2D eigenvalue weighted by atomic mass is 9.75. The molecule has 0 bridgehead atoms. The van der Waals surface area contributed by atoms with Crippen LogP contribution >= 0.6 is 23.5 Å². The average molecular weight is 325 g/mol. The lowest BCUT2D eigenvalue weighted by Crippen LogP contribution is -2.51. The monoisotopic (exact) mass is 324 g/mol. The van der Waals surface area contributed by atoms with Crippen molar-refractivity contribution >= 4 is 23.5 Å². The summed E-state index contributed by atoms with van der Waals surface area (Å²) in [6, 6.07) is 5.31. The van der Waals surface area contributed by atoms with Crippen molar-refractivity contribution in [2.24, 2.45) is 5.92 Å². The Morgan fingerprint density at radius 2 is 1.86 bits per heavy atom. The maximum absolute atomic E-state index is 9.64. The summed E-state index contributed by atoms with van der Waals surface area (Å²) in [6.07, 6.45) is 6.63. The van der Waals surface area contributed by atoms with E-state index in [9.17, 15) is 5.11 Å². The number of nitrogens with one attached hydrogen (secondary N) is 1. The minimum atomic E-state index is -0.0744. The van der Waals surface area contributed by atoms with Crippen LogP contribution in [0.2, 0.25) is 0 Å². The molecule has 5 heteroatoms. The van der Waals surface area contributed by atoms with Gasteiger partial charge in [-0.1, -0.05) is 0 Å². The van der Waals surface area contributed by atoms with Gasteiger partial charge in [0.1, 0.15) is 0 Å². The van der Waals surface area contributed by atoms with E-state index in [-0.39, 0.29) is 6.10 Å². The number of rotatable bonds is 5. The molecule has 0 unspecified atom stereocenters. The van der Waals surface area contributed by atoms with E-state index in [2.05, 4.69) is 46.0 Å². The largest absolute Gasteiger partial charge is 0.393 e. The highest BCUT2D eigenvalue weighted by molar-refractivity contribution is 8.03. The maximum atomic E-state index is 9.64. The molecule has 0 spiro atoms. The molecule has 2 N–H and O–H groups in total. The van der Waals surface area contributed by atoms with Gasteiger partial charge in [0.25, 0.3) is 0 Å². The smallest absolute Gasteiger partial charge is 0.0546 e. The van der Waals surface area contributed by atoms with Gasteiger partial charge in [-0.2, -0.15) is 23.5 Å². The first kappa shape index (κ1) is 15.7. The third-order valence-corrected chi connectivity index (χ3v) is 6.90. The van der Waals surface area contributed by atoms with Gasteiger partial charge < -0.3 is 10.4 Å². The molecule has 2 fully saturated rings. The van der Waals surface area contributed by atoms with Gasteiger partial charge in [0, 0.05) is 47.5 Å². The molecule has 1 aromatic heterocycles. The summed E-state index contributed by atoms with van der Waals surface area (Å²) in [7, 11) is 0. The minimum Gasteiger partial charge on any atom is -0.393 e. The van der Waals surface area contributed by atoms with Crippen LogP contribution in [0.15, 0.2) is 24.5 Å². The molecule has 0 radical (unpaired) electrons. The van der Waals surface area contributed by atoms with E-state index in [1.807, 2.05) is 12.4 Å². The van der Waals surface area contributed by atoms with Crippen molar-refractivity contribution < 1.29 is 5.11 Å². The number of nitrogens with zero attached hydrogens (tertiary/aromatic N) is 1. The second kappa shape index (κ2) is 7.86. The number of aromatic nitrogens is 1. The lowest BCUT2D eigenvalue weighted by Gasteiger charge is -2.40. The fourth-order valence-corrected chi connectivity index (χ4v) is 5.53. The fourth-order valence-electron chi connectivity index (χ4n) is 3.11. The highest BCUT2D eigenvalue weighted by atomic mass is 32.2. The SMILES string of the molecule is OC1CC([C@@H](Cc2ccncc2)NC2CSCCSC2)C1. The minimum absolute atomic E-state index is 0.0744. The van der Waals surface area contributed by atoms with Gasteiger partial charge in [-0.05, 0) is 42.9 Å². The first-order valence-corrected chi connectivity index (χ1v) is 10.1. The molecule has 2 heterocycles. The molecule has 0 aromatic carbocycles. The van der Waals surface area contributed by atoms with Crippen LogP contribution in [-0.2, 0) is 6.42 Å². The van der Waals surface area contributed by atoms with E-state index in [4.69, 9.17) is 0 Å². The normalized spacial score (nSPS) is 28.6. The van der Waals surface area contributed by atoms with Gasteiger partial charge in [-0.15, -0.1) is 0 Å². The third kappa shape index (κ3) is 4.62. The van der Waals surface area contributed by atoms with Gasteiger partial charge in [0.15, 0.2) is 0 Å². The highest BCUT2D eigenvalue weighted by Gasteiger charge is 2.35. The third-order valence-electron chi connectivity index (χ3n) is 4.38. The Kier molecular flexibility index (Phi) is 5.86. The van der Waals surface area contributed by atoms with Crippen molar-refractivity contribution in [3.8, 4) is 0 Å². The topological polar surface area (TPSA) is 45.2 Å². The zero-order valence-corrected chi connectivity index (χ0v) is 13.9. The van der Waals surface area contributed by atoms with Crippen molar-refractivity contribution in [1.82, 2.24) is 10.3 Å². The second-order valence-corrected chi connectivity index (χ2v) is 8.36. The summed E-state index contributed by atoms with van der Waals surface area (Å²) in [6.45, 7) is 0. The van der Waals surface area contributed by atoms with Gasteiger partial charge in [-0.25, -0.2) is 0 Å². The molecule has 1 atom stereocenters. The molecular weight excluding hydrogens is 300 g/mol. The first-order chi connectivity index (χ1) is 10.3. The Balaban J connectivity index is 1.61. The lowest BCUT2D eigenvalue weighted by molar-refractivity contribution is 0.0232. The van der Waals surface area contributed by atoms with Crippen LogP contribution in [0.1, 0.15) is 18.4 Å². The maximum Gasteiger partial charge on any atom is 0.0546 e. The van der Waals surface area contributed by atoms with E-state index in [1.54, 1.807) is 0 Å². The van der Waals surface area contributed by atoms with Crippen molar-refractivity contribution in [3.05, 3.63) is 30.1 Å². The summed E-state index contributed by atoms with van der Waals surface area (Å²) in [5.74, 6) is 5.61. The predicted octanol–water partition coefficient (Wildman–Crippen LogP) is 2.20. The number of aliphatic hydroxyl groups excluding tert-OH is 1. The molecular formula is C16H24N2OS2. The predicted molar refractivity (Wildman–Crippen MR) is 92.0 cm³/mol. The zero-order chi connectivity index (χ0) is 14.5. The van der Waals surface area contributed by atoms with Crippen LogP contribution in [-0.4, -0.2) is 51.3 Å². The standard InChI is InChI=1S/C16H24N2OS2/c19-15-8-13(9-15)16(7-12-1-3-17-4-2-12)18-14-10-20-5-6-21-11-14/h1-4,13-16,18-19H,5-11H2/t13?,15?,16-/m1/s1. The van der Waals surface area contributed by atoms with Crippen LogP contribution in [0.5, 0.6) is 0 Å². The average Bonchev–Trinajstić information content (AvgIpc) is 2.73. The molecule has 3 rings (SSSR count). The molecule has 116 valence electrons. The van der Waals surface area contributed by atoms with Gasteiger partial charge in [0.05, 0.1) is 6.10 Å². The van der Waals surface area contributed by atoms with E-state index in [0.717, 1.165) is 19.3 Å². The molecule has 1 aliphatic heterocycles. The number of thioether (sulfide) groups is 2. The van der Waals surface area contributed by atoms with Crippen LogP contribution in [0, 0.1) is 5.92 Å². The van der Waals surface area contributed by atoms with Gasteiger partial charge >= 0.3 is 0 Å². The highest BCUT2D eigenvalue weighted by Crippen LogP contribution is 2.32. The van der Waals surface area contributed by atoms with Crippen LogP contribution < -0.4 is 5.32 Å². The Labute approximate surface area is 135 Å². The Morgan fingerprint density at radius 1 is 1.19 bits per heavy atom. The molecule has 3 nitrogen and oxygen atoms in total. The number of pyridine rings is 1. The molecule has 0 amide bonds. The molecule has 1 saturated heterocycles. The molecule has 21 heavy (non-hydrogen) atoms. The number of aliphatic hydroxyl groups is 1. The van der Waals surface area contributed by atoms with Gasteiger partial charge in [-0.3, -0.25) is 4.98 Å². The zero-order valence-electron chi connectivity index (χ0n) is 12.3. The summed E-state index contributed by atoms with van der Waals surface area (Å²) < 4.78 is 0. The summed E-state index contributed by atoms with van der Waals surface area (Å²) in [4.78, 5) is 4.10. The van der Waals surface area contributed by atoms with Crippen molar-refractivity contribution in [2.75, 3.05) is 23.0 Å². The summed E-state index contributed by atoms with van der Waals surface area (Å²) in [5.41, 5.74) is 1.35. The van der Waals surface area contributed by atoms with E-state index in [1.165, 1.54) is 28.6 Å². The summed E-state index contributed by atoms with van der Waals surface area (Å²) >= 11 is 4.13. The van der Waals surface area contributed by atoms with Crippen LogP contribution in [0.3, 0.4) is 0 Å². The molecule has 1 saturated carbocycles. The van der Waals surface area contributed by atoms with E-state index in [0.29, 0.717) is 18.0 Å². The Morgan fingerprint density at radius 3 is 2.48 bits per heavy atom. The molecule has 1 aliphatic carbocycles. The van der Waals surface area contributed by atoms with E-state index >= 15 is 0 Å². The summed E-state index contributed by atoms with van der Waals surface area (Å²) in [5, 5.41) is 13.5. The van der Waals surface area contributed by atoms with E-state index < -0.39 is 0 Å². The van der Waals surface area contributed by atoms with Crippen molar-refractivity contribution in [1.29, 1.82) is 0 Å². The van der Waals surface area contributed by atoms with Crippen molar-refractivity contribution in [3.63, 3.8) is 0 Å². The number of hydrogen-bond acceptors (Lipinski definition) is 5. The first-order valence-electron chi connectivity index (χ1n) is 7.80.